The van der Waals surface area contributed by atoms with Crippen molar-refractivity contribution in [3.05, 3.63) is 0 Å². The zero-order valence-electron chi connectivity index (χ0n) is 11.2. The summed E-state index contributed by atoms with van der Waals surface area (Å²) >= 11 is 0. The highest BCUT2D eigenvalue weighted by atomic mass is 35.5. The standard InChI is InChI=1S/C12H28N2O.ClH/c1-5-7-8-9-14(11(13)6-2)12(3,4)10-15;/h11,15H,5-10,13H2,1-4H3;1H. The number of aliphatic hydroxyl groups is 1. The van der Waals surface area contributed by atoms with Crippen LogP contribution in [-0.2, 0) is 0 Å². The Morgan fingerprint density at radius 2 is 1.81 bits per heavy atom. The third-order valence-corrected chi connectivity index (χ3v) is 2.99. The van der Waals surface area contributed by atoms with Gasteiger partial charge in [-0.3, -0.25) is 4.90 Å². The molecular weight excluding hydrogens is 224 g/mol. The highest BCUT2D eigenvalue weighted by Gasteiger charge is 2.28. The molecule has 0 aliphatic rings. The number of halogens is 1. The fourth-order valence-corrected chi connectivity index (χ4v) is 1.76. The van der Waals surface area contributed by atoms with Crippen LogP contribution in [0.3, 0.4) is 0 Å². The van der Waals surface area contributed by atoms with Crippen LogP contribution in [-0.4, -0.2) is 34.9 Å². The maximum Gasteiger partial charge on any atom is 0.0610 e. The van der Waals surface area contributed by atoms with E-state index < -0.39 is 0 Å². The quantitative estimate of drug-likeness (QED) is 0.515. The highest BCUT2D eigenvalue weighted by molar-refractivity contribution is 5.85. The van der Waals surface area contributed by atoms with Gasteiger partial charge in [0.1, 0.15) is 0 Å². The molecule has 1 atom stereocenters. The molecule has 0 saturated heterocycles. The maximum absolute atomic E-state index is 9.37. The molecule has 0 saturated carbocycles. The summed E-state index contributed by atoms with van der Waals surface area (Å²) in [7, 11) is 0. The lowest BCUT2D eigenvalue weighted by Crippen LogP contribution is -2.55. The number of aliphatic hydroxyl groups excluding tert-OH is 1. The number of nitrogens with zero attached hydrogens (tertiary/aromatic N) is 1. The van der Waals surface area contributed by atoms with Crippen LogP contribution < -0.4 is 5.73 Å². The van der Waals surface area contributed by atoms with Crippen molar-refractivity contribution in [1.29, 1.82) is 0 Å². The normalized spacial score (nSPS) is 13.7. The van der Waals surface area contributed by atoms with Crippen molar-refractivity contribution < 1.29 is 5.11 Å². The van der Waals surface area contributed by atoms with Crippen molar-refractivity contribution in [2.24, 2.45) is 5.73 Å². The van der Waals surface area contributed by atoms with Crippen LogP contribution in [0.2, 0.25) is 0 Å². The molecule has 0 aromatic carbocycles. The first kappa shape index (κ1) is 18.5. The first-order chi connectivity index (χ1) is 6.99. The Labute approximate surface area is 107 Å². The molecule has 0 aromatic heterocycles. The largest absolute Gasteiger partial charge is 0.394 e. The van der Waals surface area contributed by atoms with E-state index in [0.29, 0.717) is 0 Å². The van der Waals surface area contributed by atoms with Gasteiger partial charge < -0.3 is 10.8 Å². The SMILES string of the molecule is CCCCCN(C(N)CC)C(C)(C)CO.Cl. The second-order valence-corrected chi connectivity index (χ2v) is 4.85. The molecule has 0 fully saturated rings. The summed E-state index contributed by atoms with van der Waals surface area (Å²) < 4.78 is 0. The minimum absolute atomic E-state index is 0. The summed E-state index contributed by atoms with van der Waals surface area (Å²) in [5.41, 5.74) is 5.87. The molecule has 0 bridgehead atoms. The van der Waals surface area contributed by atoms with Gasteiger partial charge in [0.25, 0.3) is 0 Å². The third-order valence-electron chi connectivity index (χ3n) is 2.99. The Kier molecular flexibility index (Phi) is 10.7. The summed E-state index contributed by atoms with van der Waals surface area (Å²) in [5.74, 6) is 0. The van der Waals surface area contributed by atoms with Crippen LogP contribution in [0.1, 0.15) is 53.4 Å². The van der Waals surface area contributed by atoms with Crippen molar-refractivity contribution in [3.8, 4) is 0 Å². The van der Waals surface area contributed by atoms with Gasteiger partial charge in [-0.25, -0.2) is 0 Å². The van der Waals surface area contributed by atoms with Crippen molar-refractivity contribution in [2.75, 3.05) is 13.2 Å². The summed E-state index contributed by atoms with van der Waals surface area (Å²) in [6.45, 7) is 9.53. The van der Waals surface area contributed by atoms with E-state index in [1.54, 1.807) is 0 Å². The van der Waals surface area contributed by atoms with Gasteiger partial charge >= 0.3 is 0 Å². The molecule has 0 amide bonds. The molecule has 0 heterocycles. The van der Waals surface area contributed by atoms with Gasteiger partial charge in [-0.05, 0) is 26.7 Å². The topological polar surface area (TPSA) is 49.5 Å². The van der Waals surface area contributed by atoms with Crippen LogP contribution in [0.15, 0.2) is 0 Å². The molecule has 0 spiro atoms. The Balaban J connectivity index is 0. The Hall–Kier alpha value is 0.170. The molecule has 4 heteroatoms. The van der Waals surface area contributed by atoms with Crippen LogP contribution in [0.4, 0.5) is 0 Å². The van der Waals surface area contributed by atoms with Gasteiger partial charge in [-0.2, -0.15) is 0 Å². The molecule has 0 aromatic rings. The first-order valence-corrected chi connectivity index (χ1v) is 6.12. The molecule has 0 aliphatic heterocycles. The van der Waals surface area contributed by atoms with E-state index >= 15 is 0 Å². The van der Waals surface area contributed by atoms with Crippen molar-refractivity contribution >= 4 is 12.4 Å². The van der Waals surface area contributed by atoms with Gasteiger partial charge in [0.2, 0.25) is 0 Å². The second-order valence-electron chi connectivity index (χ2n) is 4.85. The fourth-order valence-electron chi connectivity index (χ4n) is 1.76. The second kappa shape index (κ2) is 9.23. The van der Waals surface area contributed by atoms with Gasteiger partial charge in [0, 0.05) is 12.1 Å². The number of unbranched alkanes of at least 4 members (excludes halogenated alkanes) is 2. The molecule has 100 valence electrons. The molecular formula is C12H29ClN2O. The van der Waals surface area contributed by atoms with E-state index in [1.807, 2.05) is 0 Å². The van der Waals surface area contributed by atoms with E-state index in [1.165, 1.54) is 12.8 Å². The van der Waals surface area contributed by atoms with Crippen LogP contribution >= 0.6 is 12.4 Å². The summed E-state index contributed by atoms with van der Waals surface area (Å²) in [6.07, 6.45) is 4.59. The zero-order valence-corrected chi connectivity index (χ0v) is 12.0. The summed E-state index contributed by atoms with van der Waals surface area (Å²) in [4.78, 5) is 2.22. The van der Waals surface area contributed by atoms with Gasteiger partial charge in [-0.1, -0.05) is 26.7 Å². The maximum atomic E-state index is 9.37. The van der Waals surface area contributed by atoms with Crippen molar-refractivity contribution in [2.45, 2.75) is 65.1 Å². The zero-order chi connectivity index (χ0) is 11.9. The van der Waals surface area contributed by atoms with E-state index in [4.69, 9.17) is 5.73 Å². The summed E-state index contributed by atoms with van der Waals surface area (Å²) in [5, 5.41) is 9.37. The van der Waals surface area contributed by atoms with E-state index in [0.717, 1.165) is 19.4 Å². The smallest absolute Gasteiger partial charge is 0.0610 e. The number of hydrogen-bond acceptors (Lipinski definition) is 3. The van der Waals surface area contributed by atoms with E-state index in [2.05, 4.69) is 32.6 Å². The summed E-state index contributed by atoms with van der Waals surface area (Å²) in [6, 6.07) is 0. The van der Waals surface area contributed by atoms with Crippen molar-refractivity contribution in [1.82, 2.24) is 4.90 Å². The minimum atomic E-state index is -0.205. The van der Waals surface area contributed by atoms with E-state index in [-0.39, 0.29) is 30.7 Å². The number of rotatable bonds is 8. The first-order valence-electron chi connectivity index (χ1n) is 6.12. The lowest BCUT2D eigenvalue weighted by molar-refractivity contribution is 0.0210. The Morgan fingerprint density at radius 1 is 1.25 bits per heavy atom. The van der Waals surface area contributed by atoms with Crippen LogP contribution in [0, 0.1) is 0 Å². The number of nitrogens with two attached hydrogens (primary N) is 1. The molecule has 3 N–H and O–H groups in total. The lowest BCUT2D eigenvalue weighted by atomic mass is 10.0. The number of hydrogen-bond donors (Lipinski definition) is 2. The van der Waals surface area contributed by atoms with Gasteiger partial charge in [-0.15, -0.1) is 12.4 Å². The van der Waals surface area contributed by atoms with Gasteiger partial charge in [0.15, 0.2) is 0 Å². The molecule has 16 heavy (non-hydrogen) atoms. The van der Waals surface area contributed by atoms with E-state index in [9.17, 15) is 5.11 Å². The Morgan fingerprint density at radius 3 is 2.19 bits per heavy atom. The average Bonchev–Trinajstić information content (AvgIpc) is 2.23. The molecule has 1 unspecified atom stereocenters. The highest BCUT2D eigenvalue weighted by Crippen LogP contribution is 2.17. The lowest BCUT2D eigenvalue weighted by Gasteiger charge is -2.41. The average molecular weight is 253 g/mol. The molecule has 3 nitrogen and oxygen atoms in total. The fraction of sp³-hybridized carbons (Fsp3) is 1.00. The van der Waals surface area contributed by atoms with Crippen LogP contribution in [0.5, 0.6) is 0 Å². The Bertz CT molecular complexity index is 165. The molecule has 0 rings (SSSR count). The monoisotopic (exact) mass is 252 g/mol. The van der Waals surface area contributed by atoms with Crippen molar-refractivity contribution in [3.63, 3.8) is 0 Å². The minimum Gasteiger partial charge on any atom is -0.394 e. The molecule has 0 aliphatic carbocycles. The van der Waals surface area contributed by atoms with Gasteiger partial charge in [0.05, 0.1) is 12.8 Å². The predicted octanol–water partition coefficient (Wildman–Crippen LogP) is 2.37. The third kappa shape index (κ3) is 6.04. The van der Waals surface area contributed by atoms with Crippen LogP contribution in [0.25, 0.3) is 0 Å². The predicted molar refractivity (Wildman–Crippen MR) is 72.9 cm³/mol. The molecule has 0 radical (unpaired) electrons.